The Morgan fingerprint density at radius 3 is 2.65 bits per heavy atom. The standard InChI is InChI=1S/C14H21NO2/c1-10(8-11-4-5-11)15-13-7-6-12(16-2)9-14(13)17-3/h6-7,9-11,15H,4-5,8H2,1-3H3. The first kappa shape index (κ1) is 12.1. The van der Waals surface area contributed by atoms with E-state index in [1.807, 2.05) is 18.2 Å². The number of hydrogen-bond donors (Lipinski definition) is 1. The number of anilines is 1. The Morgan fingerprint density at radius 1 is 1.29 bits per heavy atom. The summed E-state index contributed by atoms with van der Waals surface area (Å²) in [5, 5.41) is 3.50. The summed E-state index contributed by atoms with van der Waals surface area (Å²) < 4.78 is 10.6. The van der Waals surface area contributed by atoms with E-state index in [1.54, 1.807) is 14.2 Å². The van der Waals surface area contributed by atoms with Crippen LogP contribution in [0.25, 0.3) is 0 Å². The molecule has 3 heteroatoms. The molecule has 1 fully saturated rings. The van der Waals surface area contributed by atoms with Crippen LogP contribution < -0.4 is 14.8 Å². The zero-order valence-electron chi connectivity index (χ0n) is 10.8. The first-order valence-electron chi connectivity index (χ1n) is 6.21. The maximum atomic E-state index is 5.37. The lowest BCUT2D eigenvalue weighted by Gasteiger charge is -2.17. The first-order chi connectivity index (χ1) is 8.22. The SMILES string of the molecule is COc1ccc(NC(C)CC2CC2)c(OC)c1. The summed E-state index contributed by atoms with van der Waals surface area (Å²) in [5.74, 6) is 2.59. The summed E-state index contributed by atoms with van der Waals surface area (Å²) >= 11 is 0. The molecular formula is C14H21NO2. The van der Waals surface area contributed by atoms with Gasteiger partial charge in [-0.25, -0.2) is 0 Å². The fourth-order valence-corrected chi connectivity index (χ4v) is 2.10. The zero-order valence-corrected chi connectivity index (χ0v) is 10.8. The molecule has 0 spiro atoms. The normalized spacial score (nSPS) is 16.4. The predicted octanol–water partition coefficient (Wildman–Crippen LogP) is 3.30. The molecule has 0 bridgehead atoms. The summed E-state index contributed by atoms with van der Waals surface area (Å²) in [6, 6.07) is 6.37. The molecule has 1 aromatic rings. The van der Waals surface area contributed by atoms with Gasteiger partial charge >= 0.3 is 0 Å². The number of methoxy groups -OCH3 is 2. The van der Waals surface area contributed by atoms with Gasteiger partial charge in [-0.15, -0.1) is 0 Å². The molecule has 3 nitrogen and oxygen atoms in total. The lowest BCUT2D eigenvalue weighted by molar-refractivity contribution is 0.395. The molecule has 1 N–H and O–H groups in total. The molecule has 0 aromatic heterocycles. The van der Waals surface area contributed by atoms with Crippen LogP contribution >= 0.6 is 0 Å². The largest absolute Gasteiger partial charge is 0.497 e. The van der Waals surface area contributed by atoms with Crippen LogP contribution in [0, 0.1) is 5.92 Å². The highest BCUT2D eigenvalue weighted by atomic mass is 16.5. The second-order valence-corrected chi connectivity index (χ2v) is 4.79. The van der Waals surface area contributed by atoms with Gasteiger partial charge in [0.25, 0.3) is 0 Å². The molecule has 0 saturated heterocycles. The minimum Gasteiger partial charge on any atom is -0.497 e. The summed E-state index contributed by atoms with van der Waals surface area (Å²) in [4.78, 5) is 0. The van der Waals surface area contributed by atoms with Crippen LogP contribution in [0.15, 0.2) is 18.2 Å². The van der Waals surface area contributed by atoms with Gasteiger partial charge in [0.2, 0.25) is 0 Å². The van der Waals surface area contributed by atoms with Crippen molar-refractivity contribution in [2.45, 2.75) is 32.2 Å². The molecule has 1 aliphatic carbocycles. The highest BCUT2D eigenvalue weighted by Crippen LogP contribution is 2.35. The molecule has 0 heterocycles. The molecule has 1 aliphatic rings. The lowest BCUT2D eigenvalue weighted by Crippen LogP contribution is -2.16. The van der Waals surface area contributed by atoms with E-state index in [2.05, 4.69) is 12.2 Å². The van der Waals surface area contributed by atoms with Crippen molar-refractivity contribution < 1.29 is 9.47 Å². The number of benzene rings is 1. The molecule has 2 rings (SSSR count). The van der Waals surface area contributed by atoms with Gasteiger partial charge in [-0.05, 0) is 31.4 Å². The van der Waals surface area contributed by atoms with Gasteiger partial charge in [0.15, 0.2) is 0 Å². The van der Waals surface area contributed by atoms with E-state index in [9.17, 15) is 0 Å². The minimum absolute atomic E-state index is 0.491. The van der Waals surface area contributed by atoms with E-state index in [0.29, 0.717) is 6.04 Å². The van der Waals surface area contributed by atoms with Crippen LogP contribution in [-0.4, -0.2) is 20.3 Å². The van der Waals surface area contributed by atoms with Crippen molar-refractivity contribution in [3.05, 3.63) is 18.2 Å². The molecule has 17 heavy (non-hydrogen) atoms. The van der Waals surface area contributed by atoms with Crippen molar-refractivity contribution in [3.8, 4) is 11.5 Å². The van der Waals surface area contributed by atoms with Gasteiger partial charge in [-0.2, -0.15) is 0 Å². The number of rotatable bonds is 6. The van der Waals surface area contributed by atoms with Gasteiger partial charge in [0.1, 0.15) is 11.5 Å². The van der Waals surface area contributed by atoms with E-state index >= 15 is 0 Å². The monoisotopic (exact) mass is 235 g/mol. The van der Waals surface area contributed by atoms with E-state index in [1.165, 1.54) is 19.3 Å². The van der Waals surface area contributed by atoms with Crippen LogP contribution in [0.5, 0.6) is 11.5 Å². The summed E-state index contributed by atoms with van der Waals surface area (Å²) in [6.45, 7) is 2.22. The van der Waals surface area contributed by atoms with Crippen LogP contribution in [0.1, 0.15) is 26.2 Å². The Bertz CT molecular complexity index is 374. The van der Waals surface area contributed by atoms with Gasteiger partial charge < -0.3 is 14.8 Å². The Kier molecular flexibility index (Phi) is 3.77. The molecule has 94 valence electrons. The Hall–Kier alpha value is -1.38. The van der Waals surface area contributed by atoms with Crippen molar-refractivity contribution in [2.75, 3.05) is 19.5 Å². The Morgan fingerprint density at radius 2 is 2.06 bits per heavy atom. The average molecular weight is 235 g/mol. The molecule has 1 saturated carbocycles. The molecule has 0 amide bonds. The molecule has 1 aromatic carbocycles. The highest BCUT2D eigenvalue weighted by molar-refractivity contribution is 5.59. The second kappa shape index (κ2) is 5.30. The third kappa shape index (κ3) is 3.29. The first-order valence-corrected chi connectivity index (χ1v) is 6.21. The quantitative estimate of drug-likeness (QED) is 0.820. The van der Waals surface area contributed by atoms with Gasteiger partial charge in [0, 0.05) is 12.1 Å². The van der Waals surface area contributed by atoms with Crippen molar-refractivity contribution in [2.24, 2.45) is 5.92 Å². The van der Waals surface area contributed by atoms with Crippen molar-refractivity contribution in [1.82, 2.24) is 0 Å². The van der Waals surface area contributed by atoms with Crippen molar-refractivity contribution in [1.29, 1.82) is 0 Å². The maximum absolute atomic E-state index is 5.37. The van der Waals surface area contributed by atoms with Gasteiger partial charge in [-0.3, -0.25) is 0 Å². The van der Waals surface area contributed by atoms with E-state index in [-0.39, 0.29) is 0 Å². The highest BCUT2D eigenvalue weighted by Gasteiger charge is 2.23. The van der Waals surface area contributed by atoms with E-state index < -0.39 is 0 Å². The van der Waals surface area contributed by atoms with Crippen LogP contribution in [0.3, 0.4) is 0 Å². The fraction of sp³-hybridized carbons (Fsp3) is 0.571. The molecule has 1 unspecified atom stereocenters. The van der Waals surface area contributed by atoms with E-state index in [4.69, 9.17) is 9.47 Å². The van der Waals surface area contributed by atoms with Crippen LogP contribution in [-0.2, 0) is 0 Å². The number of ether oxygens (including phenoxy) is 2. The smallest absolute Gasteiger partial charge is 0.145 e. The fourth-order valence-electron chi connectivity index (χ4n) is 2.10. The predicted molar refractivity (Wildman–Crippen MR) is 70.0 cm³/mol. The van der Waals surface area contributed by atoms with E-state index in [0.717, 1.165) is 23.1 Å². The third-order valence-electron chi connectivity index (χ3n) is 3.19. The topological polar surface area (TPSA) is 30.5 Å². The van der Waals surface area contributed by atoms with Gasteiger partial charge in [-0.1, -0.05) is 12.8 Å². The number of nitrogens with one attached hydrogen (secondary N) is 1. The van der Waals surface area contributed by atoms with Gasteiger partial charge in [0.05, 0.1) is 19.9 Å². The summed E-state index contributed by atoms with van der Waals surface area (Å²) in [6.07, 6.45) is 4.03. The van der Waals surface area contributed by atoms with Crippen LogP contribution in [0.2, 0.25) is 0 Å². The summed E-state index contributed by atoms with van der Waals surface area (Å²) in [5.41, 5.74) is 1.04. The summed E-state index contributed by atoms with van der Waals surface area (Å²) in [7, 11) is 3.35. The minimum atomic E-state index is 0.491. The third-order valence-corrected chi connectivity index (χ3v) is 3.19. The molecule has 0 aliphatic heterocycles. The second-order valence-electron chi connectivity index (χ2n) is 4.79. The Labute approximate surface area is 103 Å². The Balaban J connectivity index is 2.02. The van der Waals surface area contributed by atoms with Crippen molar-refractivity contribution in [3.63, 3.8) is 0 Å². The lowest BCUT2D eigenvalue weighted by atomic mass is 10.1. The molecule has 0 radical (unpaired) electrons. The molecular weight excluding hydrogens is 214 g/mol. The van der Waals surface area contributed by atoms with Crippen LogP contribution in [0.4, 0.5) is 5.69 Å². The number of hydrogen-bond acceptors (Lipinski definition) is 3. The average Bonchev–Trinajstić information content (AvgIpc) is 3.13. The molecule has 1 atom stereocenters. The zero-order chi connectivity index (χ0) is 12.3. The van der Waals surface area contributed by atoms with Crippen molar-refractivity contribution >= 4 is 5.69 Å². The maximum Gasteiger partial charge on any atom is 0.145 e.